The molecule has 0 saturated carbocycles. The molecule has 0 aliphatic rings. The highest BCUT2D eigenvalue weighted by atomic mass is 19.1. The van der Waals surface area contributed by atoms with Gasteiger partial charge in [0.2, 0.25) is 11.8 Å². The minimum atomic E-state index is -0.820. The van der Waals surface area contributed by atoms with Crippen LogP contribution in [0.25, 0.3) is 0 Å². The van der Waals surface area contributed by atoms with Crippen LogP contribution in [0.15, 0.2) is 78.9 Å². The van der Waals surface area contributed by atoms with Crippen LogP contribution in [0.3, 0.4) is 0 Å². The number of carbonyl (C=O) groups is 2. The first-order valence-corrected chi connectivity index (χ1v) is 10.9. The van der Waals surface area contributed by atoms with E-state index in [-0.39, 0.29) is 42.2 Å². The Hall–Kier alpha value is -3.54. The lowest BCUT2D eigenvalue weighted by atomic mass is 10.0. The Labute approximate surface area is 193 Å². The van der Waals surface area contributed by atoms with Gasteiger partial charge in [0.05, 0.1) is 6.42 Å². The van der Waals surface area contributed by atoms with Gasteiger partial charge in [0, 0.05) is 19.0 Å². The Morgan fingerprint density at radius 1 is 0.848 bits per heavy atom. The first-order chi connectivity index (χ1) is 15.8. The second kappa shape index (κ2) is 11.4. The third kappa shape index (κ3) is 6.97. The number of benzene rings is 3. The molecule has 4 nitrogen and oxygen atoms in total. The number of halogens is 2. The largest absolute Gasteiger partial charge is 0.352 e. The van der Waals surface area contributed by atoms with E-state index in [4.69, 9.17) is 0 Å². The zero-order valence-electron chi connectivity index (χ0n) is 18.8. The van der Waals surface area contributed by atoms with E-state index in [1.807, 2.05) is 44.2 Å². The maximum atomic E-state index is 14.3. The van der Waals surface area contributed by atoms with Crippen LogP contribution in [-0.4, -0.2) is 28.8 Å². The lowest BCUT2D eigenvalue weighted by Crippen LogP contribution is -2.52. The fraction of sp³-hybridized carbons (Fsp3) is 0.259. The number of hydrogen-bond donors (Lipinski definition) is 1. The average molecular weight is 451 g/mol. The SMILES string of the molecule is CC(C)NC(=O)[C@H](Cc1ccccc1)N(Cc1ccc(F)cc1)C(=O)Cc1ccccc1F. The minimum absolute atomic E-state index is 0.0938. The van der Waals surface area contributed by atoms with Gasteiger partial charge < -0.3 is 10.2 Å². The third-order valence-corrected chi connectivity index (χ3v) is 5.27. The molecule has 33 heavy (non-hydrogen) atoms. The summed E-state index contributed by atoms with van der Waals surface area (Å²) in [4.78, 5) is 28.2. The maximum absolute atomic E-state index is 14.3. The zero-order valence-corrected chi connectivity index (χ0v) is 18.8. The fourth-order valence-corrected chi connectivity index (χ4v) is 3.63. The first kappa shape index (κ1) is 24.1. The van der Waals surface area contributed by atoms with E-state index in [0.717, 1.165) is 5.56 Å². The number of nitrogens with one attached hydrogen (secondary N) is 1. The summed E-state index contributed by atoms with van der Waals surface area (Å²) >= 11 is 0. The normalized spacial score (nSPS) is 11.8. The number of amides is 2. The first-order valence-electron chi connectivity index (χ1n) is 10.9. The van der Waals surface area contributed by atoms with E-state index < -0.39 is 11.9 Å². The van der Waals surface area contributed by atoms with Gasteiger partial charge in [0.25, 0.3) is 0 Å². The summed E-state index contributed by atoms with van der Waals surface area (Å²) < 4.78 is 27.7. The highest BCUT2D eigenvalue weighted by Crippen LogP contribution is 2.18. The Kier molecular flexibility index (Phi) is 8.30. The molecular formula is C27H28F2N2O2. The van der Waals surface area contributed by atoms with Gasteiger partial charge in [-0.15, -0.1) is 0 Å². The second-order valence-corrected chi connectivity index (χ2v) is 8.29. The van der Waals surface area contributed by atoms with Crippen LogP contribution >= 0.6 is 0 Å². The second-order valence-electron chi connectivity index (χ2n) is 8.29. The molecule has 0 aliphatic heterocycles. The van der Waals surface area contributed by atoms with Crippen LogP contribution in [-0.2, 0) is 29.0 Å². The molecule has 1 atom stereocenters. The van der Waals surface area contributed by atoms with E-state index in [1.54, 1.807) is 30.3 Å². The van der Waals surface area contributed by atoms with E-state index in [1.165, 1.54) is 23.1 Å². The molecule has 0 unspecified atom stereocenters. The van der Waals surface area contributed by atoms with Crippen molar-refractivity contribution in [3.05, 3.63) is 107 Å². The van der Waals surface area contributed by atoms with Crippen molar-refractivity contribution in [3.63, 3.8) is 0 Å². The molecule has 0 radical (unpaired) electrons. The average Bonchev–Trinajstić information content (AvgIpc) is 2.79. The molecule has 1 N–H and O–H groups in total. The van der Waals surface area contributed by atoms with Gasteiger partial charge >= 0.3 is 0 Å². The molecule has 172 valence electrons. The standard InChI is InChI=1S/C27H28F2N2O2/c1-19(2)30-27(33)25(16-20-8-4-3-5-9-20)31(18-21-12-14-23(28)15-13-21)26(32)17-22-10-6-7-11-24(22)29/h3-15,19,25H,16-18H2,1-2H3,(H,30,33)/t25-/m0/s1. The zero-order chi connectivity index (χ0) is 23.8. The molecule has 3 aromatic rings. The van der Waals surface area contributed by atoms with Gasteiger partial charge in [0.1, 0.15) is 17.7 Å². The minimum Gasteiger partial charge on any atom is -0.352 e. The number of hydrogen-bond acceptors (Lipinski definition) is 2. The van der Waals surface area contributed by atoms with Crippen molar-refractivity contribution in [3.8, 4) is 0 Å². The van der Waals surface area contributed by atoms with Crippen LogP contribution in [0.4, 0.5) is 8.78 Å². The predicted octanol–water partition coefficient (Wildman–Crippen LogP) is 4.67. The molecule has 3 rings (SSSR count). The topological polar surface area (TPSA) is 49.4 Å². The van der Waals surface area contributed by atoms with Crippen molar-refractivity contribution in [1.29, 1.82) is 0 Å². The number of nitrogens with zero attached hydrogens (tertiary/aromatic N) is 1. The molecule has 0 bridgehead atoms. The predicted molar refractivity (Wildman–Crippen MR) is 124 cm³/mol. The summed E-state index contributed by atoms with van der Waals surface area (Å²) in [6, 6.07) is 20.4. The molecule has 0 saturated heterocycles. The van der Waals surface area contributed by atoms with Crippen LogP contribution in [0.1, 0.15) is 30.5 Å². The monoisotopic (exact) mass is 450 g/mol. The summed E-state index contributed by atoms with van der Waals surface area (Å²) in [5.41, 5.74) is 1.83. The summed E-state index contributed by atoms with van der Waals surface area (Å²) in [5.74, 6) is -1.54. The quantitative estimate of drug-likeness (QED) is 0.515. The molecule has 0 heterocycles. The molecular weight excluding hydrogens is 422 g/mol. The summed E-state index contributed by atoms with van der Waals surface area (Å²) in [6.45, 7) is 3.79. The number of carbonyl (C=O) groups excluding carboxylic acids is 2. The Bertz CT molecular complexity index is 1070. The smallest absolute Gasteiger partial charge is 0.243 e. The summed E-state index contributed by atoms with van der Waals surface area (Å²) in [6.07, 6.45) is 0.109. The molecule has 2 amide bonds. The van der Waals surface area contributed by atoms with Crippen LogP contribution < -0.4 is 5.32 Å². The van der Waals surface area contributed by atoms with Gasteiger partial charge in [-0.3, -0.25) is 9.59 Å². The van der Waals surface area contributed by atoms with Gasteiger partial charge in [-0.25, -0.2) is 8.78 Å². The van der Waals surface area contributed by atoms with Gasteiger partial charge in [-0.05, 0) is 48.7 Å². The summed E-state index contributed by atoms with van der Waals surface area (Å²) in [5, 5.41) is 2.90. The van der Waals surface area contributed by atoms with Crippen molar-refractivity contribution in [2.45, 2.75) is 45.3 Å². The van der Waals surface area contributed by atoms with Crippen molar-refractivity contribution in [2.24, 2.45) is 0 Å². The van der Waals surface area contributed by atoms with Gasteiger partial charge in [-0.2, -0.15) is 0 Å². The highest BCUT2D eigenvalue weighted by Gasteiger charge is 2.31. The molecule has 0 fully saturated rings. The van der Waals surface area contributed by atoms with Crippen LogP contribution in [0, 0.1) is 11.6 Å². The molecule has 0 aliphatic carbocycles. The van der Waals surface area contributed by atoms with Gasteiger partial charge in [-0.1, -0.05) is 60.7 Å². The van der Waals surface area contributed by atoms with Gasteiger partial charge in [0.15, 0.2) is 0 Å². The van der Waals surface area contributed by atoms with E-state index in [9.17, 15) is 18.4 Å². The van der Waals surface area contributed by atoms with Crippen molar-refractivity contribution in [1.82, 2.24) is 10.2 Å². The Balaban J connectivity index is 1.97. The van der Waals surface area contributed by atoms with Crippen LogP contribution in [0.5, 0.6) is 0 Å². The third-order valence-electron chi connectivity index (χ3n) is 5.27. The Morgan fingerprint density at radius 3 is 2.12 bits per heavy atom. The van der Waals surface area contributed by atoms with E-state index in [0.29, 0.717) is 12.0 Å². The van der Waals surface area contributed by atoms with Crippen molar-refractivity contribution >= 4 is 11.8 Å². The lowest BCUT2D eigenvalue weighted by Gasteiger charge is -2.32. The molecule has 6 heteroatoms. The lowest BCUT2D eigenvalue weighted by molar-refractivity contribution is -0.141. The highest BCUT2D eigenvalue weighted by molar-refractivity contribution is 5.89. The van der Waals surface area contributed by atoms with Crippen molar-refractivity contribution in [2.75, 3.05) is 0 Å². The maximum Gasteiger partial charge on any atom is 0.243 e. The van der Waals surface area contributed by atoms with E-state index >= 15 is 0 Å². The molecule has 0 spiro atoms. The molecule has 3 aromatic carbocycles. The Morgan fingerprint density at radius 2 is 1.48 bits per heavy atom. The van der Waals surface area contributed by atoms with Crippen LogP contribution in [0.2, 0.25) is 0 Å². The molecule has 0 aromatic heterocycles. The van der Waals surface area contributed by atoms with Crippen molar-refractivity contribution < 1.29 is 18.4 Å². The van der Waals surface area contributed by atoms with E-state index in [2.05, 4.69) is 5.32 Å². The fourth-order valence-electron chi connectivity index (χ4n) is 3.63. The number of rotatable bonds is 9. The summed E-state index contributed by atoms with van der Waals surface area (Å²) in [7, 11) is 0.